The summed E-state index contributed by atoms with van der Waals surface area (Å²) in [5, 5.41) is 2.84. The molecule has 1 heterocycles. The molecule has 11 heteroatoms. The molecule has 0 aliphatic carbocycles. The summed E-state index contributed by atoms with van der Waals surface area (Å²) in [7, 11) is 1.44. The van der Waals surface area contributed by atoms with E-state index in [2.05, 4.69) is 5.32 Å². The molecule has 8 nitrogen and oxygen atoms in total. The third kappa shape index (κ3) is 6.98. The Hall–Kier alpha value is -4.42. The first-order valence-electron chi connectivity index (χ1n) is 12.9. The van der Waals surface area contributed by atoms with Gasteiger partial charge in [-0.1, -0.05) is 41.9 Å². The normalized spacial score (nSPS) is 14.1. The third-order valence-corrected chi connectivity index (χ3v) is 7.46. The van der Waals surface area contributed by atoms with Crippen molar-refractivity contribution in [3.05, 3.63) is 122 Å². The largest absolute Gasteiger partial charge is 0.493 e. The zero-order valence-corrected chi connectivity index (χ0v) is 25.5. The second-order valence-corrected chi connectivity index (χ2v) is 10.9. The molecule has 4 aromatic carbocycles. The number of amides is 4. The number of halogens is 3. The van der Waals surface area contributed by atoms with Crippen LogP contribution in [0.5, 0.6) is 17.2 Å². The maximum Gasteiger partial charge on any atom is 0.335 e. The number of barbiturate groups is 1. The molecule has 0 unspecified atom stereocenters. The van der Waals surface area contributed by atoms with Gasteiger partial charge in [0.05, 0.1) is 16.4 Å². The molecule has 1 aliphatic heterocycles. The van der Waals surface area contributed by atoms with Gasteiger partial charge >= 0.3 is 6.03 Å². The maximum absolute atomic E-state index is 14.1. The minimum Gasteiger partial charge on any atom is -0.493 e. The second kappa shape index (κ2) is 13.3. The van der Waals surface area contributed by atoms with Crippen molar-refractivity contribution >= 4 is 63.8 Å². The van der Waals surface area contributed by atoms with Gasteiger partial charge in [-0.25, -0.2) is 14.1 Å². The van der Waals surface area contributed by atoms with Gasteiger partial charge in [0.2, 0.25) is 0 Å². The molecule has 218 valence electrons. The van der Waals surface area contributed by atoms with Crippen molar-refractivity contribution in [3.8, 4) is 17.2 Å². The summed E-state index contributed by atoms with van der Waals surface area (Å²) in [5.74, 6) is -0.794. The van der Waals surface area contributed by atoms with Crippen LogP contribution in [0.4, 0.5) is 14.9 Å². The molecule has 0 atom stereocenters. The first kappa shape index (κ1) is 30.1. The van der Waals surface area contributed by atoms with Gasteiger partial charge < -0.3 is 14.2 Å². The fraction of sp³-hybridized carbons (Fsp3) is 0.0938. The summed E-state index contributed by atoms with van der Waals surface area (Å²) in [6.07, 6.45) is 1.37. The van der Waals surface area contributed by atoms with Crippen LogP contribution in [-0.2, 0) is 22.8 Å². The van der Waals surface area contributed by atoms with E-state index in [0.29, 0.717) is 43.6 Å². The number of nitrogens with zero attached hydrogens (tertiary/aromatic N) is 1. The number of nitrogens with one attached hydrogen (secondary N) is 1. The van der Waals surface area contributed by atoms with E-state index in [1.165, 1.54) is 19.3 Å². The standard InChI is InChI=1S/C32H23ClFIN2O6/c1-41-28-16-20(15-27(35)29(28)43-18-21-4-2-3-5-26(21)34)14-25-30(38)36-32(40)37(31(25)39)23-10-12-24(13-11-23)42-17-19-6-8-22(33)9-7-19/h2-16H,17-18H2,1H3,(H,36,38,40)/b25-14+. The highest BCUT2D eigenvalue weighted by atomic mass is 127. The van der Waals surface area contributed by atoms with Crippen molar-refractivity contribution in [1.82, 2.24) is 5.32 Å². The number of urea groups is 1. The number of hydrogen-bond donors (Lipinski definition) is 1. The molecule has 0 saturated carbocycles. The van der Waals surface area contributed by atoms with Crippen LogP contribution in [0.15, 0.2) is 90.5 Å². The monoisotopic (exact) mass is 712 g/mol. The van der Waals surface area contributed by atoms with Crippen molar-refractivity contribution in [2.45, 2.75) is 13.2 Å². The highest BCUT2D eigenvalue weighted by Gasteiger charge is 2.37. The first-order chi connectivity index (χ1) is 20.7. The Kier molecular flexibility index (Phi) is 9.27. The molecular formula is C32H23ClFIN2O6. The Balaban J connectivity index is 1.34. The smallest absolute Gasteiger partial charge is 0.335 e. The summed E-state index contributed by atoms with van der Waals surface area (Å²) in [6.45, 7) is 0.276. The summed E-state index contributed by atoms with van der Waals surface area (Å²) in [5.41, 5.74) is 1.76. The van der Waals surface area contributed by atoms with Gasteiger partial charge in [0.25, 0.3) is 11.8 Å². The molecule has 0 radical (unpaired) electrons. The van der Waals surface area contributed by atoms with Crippen molar-refractivity contribution in [2.24, 2.45) is 0 Å². The van der Waals surface area contributed by atoms with E-state index in [1.54, 1.807) is 66.7 Å². The molecular weight excluding hydrogens is 690 g/mol. The number of imide groups is 2. The van der Waals surface area contributed by atoms with Crippen LogP contribution >= 0.6 is 34.2 Å². The van der Waals surface area contributed by atoms with Crippen LogP contribution in [0, 0.1) is 9.39 Å². The van der Waals surface area contributed by atoms with Gasteiger partial charge in [-0.05, 0) is 94.4 Å². The number of carbonyl (C=O) groups is 3. The number of carbonyl (C=O) groups excluding carboxylic acids is 3. The van der Waals surface area contributed by atoms with Crippen molar-refractivity contribution < 1.29 is 33.0 Å². The minimum absolute atomic E-state index is 0.0254. The Morgan fingerprint density at radius 2 is 1.65 bits per heavy atom. The van der Waals surface area contributed by atoms with Crippen LogP contribution in [-0.4, -0.2) is 25.0 Å². The summed E-state index contributed by atoms with van der Waals surface area (Å²) < 4.78 is 31.8. The second-order valence-electron chi connectivity index (χ2n) is 9.28. The van der Waals surface area contributed by atoms with Crippen molar-refractivity contribution in [1.29, 1.82) is 0 Å². The zero-order chi connectivity index (χ0) is 30.5. The van der Waals surface area contributed by atoms with Gasteiger partial charge in [-0.3, -0.25) is 14.9 Å². The number of rotatable bonds is 9. The highest BCUT2D eigenvalue weighted by Crippen LogP contribution is 2.36. The molecule has 0 aromatic heterocycles. The topological polar surface area (TPSA) is 94.2 Å². The van der Waals surface area contributed by atoms with Gasteiger partial charge in [0, 0.05) is 10.6 Å². The Morgan fingerprint density at radius 1 is 0.930 bits per heavy atom. The number of hydrogen-bond acceptors (Lipinski definition) is 6. The van der Waals surface area contributed by atoms with Gasteiger partial charge in [0.15, 0.2) is 11.5 Å². The molecule has 1 saturated heterocycles. The molecule has 43 heavy (non-hydrogen) atoms. The lowest BCUT2D eigenvalue weighted by Crippen LogP contribution is -2.54. The van der Waals surface area contributed by atoms with Gasteiger partial charge in [-0.2, -0.15) is 0 Å². The lowest BCUT2D eigenvalue weighted by atomic mass is 10.1. The Labute approximate surface area is 265 Å². The fourth-order valence-electron chi connectivity index (χ4n) is 4.23. The molecule has 0 bridgehead atoms. The lowest BCUT2D eigenvalue weighted by Gasteiger charge is -2.26. The zero-order valence-electron chi connectivity index (χ0n) is 22.6. The first-order valence-corrected chi connectivity index (χ1v) is 14.3. The molecule has 1 N–H and O–H groups in total. The van der Waals surface area contributed by atoms with Crippen LogP contribution in [0.1, 0.15) is 16.7 Å². The molecule has 4 amide bonds. The van der Waals surface area contributed by atoms with Crippen LogP contribution < -0.4 is 24.4 Å². The van der Waals surface area contributed by atoms with E-state index in [9.17, 15) is 18.8 Å². The molecule has 5 rings (SSSR count). The summed E-state index contributed by atoms with van der Waals surface area (Å²) >= 11 is 7.94. The Bertz CT molecular complexity index is 1730. The molecule has 1 fully saturated rings. The van der Waals surface area contributed by atoms with Crippen molar-refractivity contribution in [3.63, 3.8) is 0 Å². The molecule has 0 spiro atoms. The lowest BCUT2D eigenvalue weighted by molar-refractivity contribution is -0.122. The number of benzene rings is 4. The number of anilines is 1. The van der Waals surface area contributed by atoms with E-state index in [4.69, 9.17) is 25.8 Å². The number of ether oxygens (including phenoxy) is 3. The summed E-state index contributed by atoms with van der Waals surface area (Å²) in [4.78, 5) is 39.7. The highest BCUT2D eigenvalue weighted by molar-refractivity contribution is 14.1. The van der Waals surface area contributed by atoms with E-state index in [0.717, 1.165) is 10.5 Å². The van der Waals surface area contributed by atoms with Crippen molar-refractivity contribution in [2.75, 3.05) is 12.0 Å². The van der Waals surface area contributed by atoms with Gasteiger partial charge in [-0.15, -0.1) is 0 Å². The van der Waals surface area contributed by atoms with E-state index < -0.39 is 17.8 Å². The van der Waals surface area contributed by atoms with E-state index >= 15 is 0 Å². The Morgan fingerprint density at radius 3 is 2.35 bits per heavy atom. The number of methoxy groups -OCH3 is 1. The summed E-state index contributed by atoms with van der Waals surface area (Å²) in [6, 6.07) is 22.3. The van der Waals surface area contributed by atoms with Crippen LogP contribution in [0.2, 0.25) is 5.02 Å². The average Bonchev–Trinajstić information content (AvgIpc) is 2.99. The third-order valence-electron chi connectivity index (χ3n) is 6.41. The van der Waals surface area contributed by atoms with E-state index in [1.807, 2.05) is 34.7 Å². The van der Waals surface area contributed by atoms with Crippen LogP contribution in [0.25, 0.3) is 6.08 Å². The predicted octanol–water partition coefficient (Wildman–Crippen LogP) is 6.92. The van der Waals surface area contributed by atoms with Gasteiger partial charge in [0.1, 0.15) is 30.4 Å². The quantitative estimate of drug-likeness (QED) is 0.115. The SMILES string of the molecule is COc1cc(/C=C2\C(=O)NC(=O)N(c3ccc(OCc4ccc(Cl)cc4)cc3)C2=O)cc(I)c1OCc1ccccc1F. The molecule has 4 aromatic rings. The van der Waals surface area contributed by atoms with Crippen LogP contribution in [0.3, 0.4) is 0 Å². The molecule has 1 aliphatic rings. The fourth-order valence-corrected chi connectivity index (χ4v) is 5.13. The maximum atomic E-state index is 14.1. The van der Waals surface area contributed by atoms with E-state index in [-0.39, 0.29) is 23.7 Å². The average molecular weight is 713 g/mol. The predicted molar refractivity (Wildman–Crippen MR) is 168 cm³/mol. The minimum atomic E-state index is -0.869.